The molecule has 2 aliphatic rings. The van der Waals surface area contributed by atoms with Crippen molar-refractivity contribution in [3.05, 3.63) is 42.1 Å². The Bertz CT molecular complexity index is 710. The summed E-state index contributed by atoms with van der Waals surface area (Å²) in [4.78, 5) is 9.15. The predicted octanol–water partition coefficient (Wildman–Crippen LogP) is 1.63. The highest BCUT2D eigenvalue weighted by atomic mass is 16.3. The zero-order valence-corrected chi connectivity index (χ0v) is 14.6. The quantitative estimate of drug-likeness (QED) is 0.889. The summed E-state index contributed by atoms with van der Waals surface area (Å²) < 4.78 is 0. The first-order valence-electron chi connectivity index (χ1n) is 9.36. The minimum absolute atomic E-state index is 0.159. The zero-order valence-electron chi connectivity index (χ0n) is 14.6. The molecule has 2 fully saturated rings. The zero-order chi connectivity index (χ0) is 17.2. The van der Waals surface area contributed by atoms with Crippen LogP contribution in [0.3, 0.4) is 0 Å². The molecule has 2 aromatic rings. The number of aliphatic hydroxyl groups is 2. The second-order valence-electron chi connectivity index (χ2n) is 7.41. The number of benzene rings is 1. The average molecular weight is 341 g/mol. The molecule has 0 aliphatic carbocycles. The van der Waals surface area contributed by atoms with Crippen LogP contribution in [0.4, 0.5) is 0 Å². The van der Waals surface area contributed by atoms with Crippen LogP contribution in [0.1, 0.15) is 24.8 Å². The maximum Gasteiger partial charge on any atom is 0.0822 e. The van der Waals surface area contributed by atoms with Crippen LogP contribution in [0.5, 0.6) is 0 Å². The van der Waals surface area contributed by atoms with Gasteiger partial charge >= 0.3 is 0 Å². The van der Waals surface area contributed by atoms with Crippen LogP contribution in [-0.2, 0) is 6.54 Å². The van der Waals surface area contributed by atoms with Crippen molar-refractivity contribution >= 4 is 10.9 Å². The van der Waals surface area contributed by atoms with E-state index >= 15 is 0 Å². The number of β-amino-alcohol motifs (C(OH)–C–C–N with tert-alkyl or cyclic N) is 1. The van der Waals surface area contributed by atoms with Crippen molar-refractivity contribution < 1.29 is 10.2 Å². The van der Waals surface area contributed by atoms with Crippen LogP contribution >= 0.6 is 0 Å². The van der Waals surface area contributed by atoms with Gasteiger partial charge in [0.25, 0.3) is 0 Å². The van der Waals surface area contributed by atoms with Gasteiger partial charge in [-0.3, -0.25) is 14.8 Å². The number of aliphatic hydroxyl groups excluding tert-OH is 2. The summed E-state index contributed by atoms with van der Waals surface area (Å²) in [5.41, 5.74) is 2.31. The molecule has 0 amide bonds. The van der Waals surface area contributed by atoms with Crippen LogP contribution in [0.2, 0.25) is 0 Å². The van der Waals surface area contributed by atoms with E-state index in [1.807, 2.05) is 18.3 Å². The Hall–Kier alpha value is -1.53. The fourth-order valence-electron chi connectivity index (χ4n) is 4.31. The van der Waals surface area contributed by atoms with Crippen molar-refractivity contribution in [3.63, 3.8) is 0 Å². The molecule has 0 radical (unpaired) electrons. The van der Waals surface area contributed by atoms with Crippen molar-refractivity contribution in [1.29, 1.82) is 0 Å². The maximum absolute atomic E-state index is 10.7. The monoisotopic (exact) mass is 341 g/mol. The Morgan fingerprint density at radius 1 is 1.00 bits per heavy atom. The lowest BCUT2D eigenvalue weighted by Gasteiger charge is -2.43. The van der Waals surface area contributed by atoms with E-state index in [0.29, 0.717) is 6.54 Å². The van der Waals surface area contributed by atoms with Crippen LogP contribution in [-0.4, -0.2) is 69.4 Å². The SMILES string of the molecule is OC1CCN([C@@H]2CCN(Cc3ccnc4ccccc34)C[C@H]2O)CC1. The molecule has 0 unspecified atom stereocenters. The van der Waals surface area contributed by atoms with E-state index in [2.05, 4.69) is 33.0 Å². The molecule has 134 valence electrons. The highest BCUT2D eigenvalue weighted by Crippen LogP contribution is 2.24. The Balaban J connectivity index is 1.41. The molecule has 2 N–H and O–H groups in total. The minimum atomic E-state index is -0.322. The van der Waals surface area contributed by atoms with Gasteiger partial charge in [0.1, 0.15) is 0 Å². The fraction of sp³-hybridized carbons (Fsp3) is 0.550. The van der Waals surface area contributed by atoms with E-state index in [4.69, 9.17) is 0 Å². The highest BCUT2D eigenvalue weighted by Gasteiger charge is 2.33. The van der Waals surface area contributed by atoms with E-state index in [1.54, 1.807) is 0 Å². The molecule has 5 heteroatoms. The first-order chi connectivity index (χ1) is 12.2. The van der Waals surface area contributed by atoms with Gasteiger partial charge in [-0.05, 0) is 37.0 Å². The summed E-state index contributed by atoms with van der Waals surface area (Å²) in [7, 11) is 0. The Kier molecular flexibility index (Phi) is 4.99. The number of aromatic nitrogens is 1. The lowest BCUT2D eigenvalue weighted by atomic mass is 9.96. The molecular weight excluding hydrogens is 314 g/mol. The topological polar surface area (TPSA) is 59.8 Å². The number of nitrogens with zero attached hydrogens (tertiary/aromatic N) is 3. The van der Waals surface area contributed by atoms with Gasteiger partial charge in [-0.15, -0.1) is 0 Å². The number of para-hydroxylation sites is 1. The highest BCUT2D eigenvalue weighted by molar-refractivity contribution is 5.81. The van der Waals surface area contributed by atoms with Gasteiger partial charge < -0.3 is 10.2 Å². The molecule has 25 heavy (non-hydrogen) atoms. The summed E-state index contributed by atoms with van der Waals surface area (Å²) in [5.74, 6) is 0. The van der Waals surface area contributed by atoms with Gasteiger partial charge in [0.2, 0.25) is 0 Å². The summed E-state index contributed by atoms with van der Waals surface area (Å²) in [6.45, 7) is 4.36. The van der Waals surface area contributed by atoms with E-state index in [9.17, 15) is 10.2 Å². The van der Waals surface area contributed by atoms with E-state index in [0.717, 1.165) is 51.0 Å². The van der Waals surface area contributed by atoms with Gasteiger partial charge in [-0.1, -0.05) is 18.2 Å². The second-order valence-corrected chi connectivity index (χ2v) is 7.41. The summed E-state index contributed by atoms with van der Waals surface area (Å²) in [5, 5.41) is 21.6. The number of likely N-dealkylation sites (tertiary alicyclic amines) is 2. The fourth-order valence-corrected chi connectivity index (χ4v) is 4.31. The van der Waals surface area contributed by atoms with E-state index in [-0.39, 0.29) is 18.2 Å². The molecule has 0 bridgehead atoms. The number of piperidine rings is 2. The Labute approximate surface area is 148 Å². The van der Waals surface area contributed by atoms with E-state index in [1.165, 1.54) is 10.9 Å². The predicted molar refractivity (Wildman–Crippen MR) is 98.2 cm³/mol. The minimum Gasteiger partial charge on any atom is -0.393 e. The molecule has 1 aromatic carbocycles. The number of rotatable bonds is 3. The van der Waals surface area contributed by atoms with Crippen molar-refractivity contribution in [2.75, 3.05) is 26.2 Å². The molecule has 2 atom stereocenters. The van der Waals surface area contributed by atoms with E-state index < -0.39 is 0 Å². The van der Waals surface area contributed by atoms with Gasteiger partial charge in [-0.25, -0.2) is 0 Å². The Morgan fingerprint density at radius 3 is 2.60 bits per heavy atom. The van der Waals surface area contributed by atoms with Crippen LogP contribution in [0, 0.1) is 0 Å². The van der Waals surface area contributed by atoms with Crippen molar-refractivity contribution in [3.8, 4) is 0 Å². The van der Waals surface area contributed by atoms with Gasteiger partial charge in [0.15, 0.2) is 0 Å². The third-order valence-corrected chi connectivity index (χ3v) is 5.73. The maximum atomic E-state index is 10.7. The molecule has 0 saturated carbocycles. The van der Waals surface area contributed by atoms with Crippen molar-refractivity contribution in [1.82, 2.24) is 14.8 Å². The van der Waals surface area contributed by atoms with Crippen molar-refractivity contribution in [2.45, 2.75) is 44.1 Å². The summed E-state index contributed by atoms with van der Waals surface area (Å²) in [6, 6.07) is 10.6. The number of pyridine rings is 1. The third-order valence-electron chi connectivity index (χ3n) is 5.73. The number of hydrogen-bond acceptors (Lipinski definition) is 5. The molecule has 2 saturated heterocycles. The lowest BCUT2D eigenvalue weighted by molar-refractivity contribution is -0.0354. The molecule has 0 spiro atoms. The molecule has 4 rings (SSSR count). The van der Waals surface area contributed by atoms with Crippen LogP contribution in [0.15, 0.2) is 36.5 Å². The normalized spacial score (nSPS) is 27.0. The Morgan fingerprint density at radius 2 is 1.80 bits per heavy atom. The molecule has 2 aliphatic heterocycles. The summed E-state index contributed by atoms with van der Waals surface area (Å²) in [6.07, 6.45) is 4.04. The standard InChI is InChI=1S/C20H27N3O2/c24-16-6-11-23(12-7-16)19-8-10-22(14-20(19)25)13-15-5-9-21-18-4-2-1-3-17(15)18/h1-5,9,16,19-20,24-25H,6-8,10-14H2/t19-,20-/m1/s1. The molecule has 1 aromatic heterocycles. The van der Waals surface area contributed by atoms with Gasteiger partial charge in [0.05, 0.1) is 17.7 Å². The smallest absolute Gasteiger partial charge is 0.0822 e. The van der Waals surface area contributed by atoms with Crippen LogP contribution in [0.25, 0.3) is 10.9 Å². The first kappa shape index (κ1) is 16.9. The van der Waals surface area contributed by atoms with Crippen LogP contribution < -0.4 is 0 Å². The molecule has 5 nitrogen and oxygen atoms in total. The average Bonchev–Trinajstić information content (AvgIpc) is 2.63. The van der Waals surface area contributed by atoms with Gasteiger partial charge in [-0.2, -0.15) is 0 Å². The second kappa shape index (κ2) is 7.38. The first-order valence-corrected chi connectivity index (χ1v) is 9.36. The third kappa shape index (κ3) is 3.70. The largest absolute Gasteiger partial charge is 0.393 e. The lowest BCUT2D eigenvalue weighted by Crippen LogP contribution is -2.55. The van der Waals surface area contributed by atoms with Gasteiger partial charge in [0, 0.05) is 50.3 Å². The molecular formula is C20H27N3O2. The molecule has 3 heterocycles. The number of hydrogen-bond donors (Lipinski definition) is 2. The van der Waals surface area contributed by atoms with Crippen molar-refractivity contribution in [2.24, 2.45) is 0 Å². The summed E-state index contributed by atoms with van der Waals surface area (Å²) >= 11 is 0. The number of fused-ring (bicyclic) bond motifs is 1.